The molecule has 1 aliphatic rings. The fourth-order valence-corrected chi connectivity index (χ4v) is 4.57. The van der Waals surface area contributed by atoms with Crippen molar-refractivity contribution < 1.29 is 9.32 Å². The minimum Gasteiger partial charge on any atom is -0.352 e. The maximum Gasteiger partial charge on any atom is 0.241 e. The number of aryl methyl sites for hydroxylation is 1. The third-order valence-electron chi connectivity index (χ3n) is 6.65. The Morgan fingerprint density at radius 3 is 2.47 bits per heavy atom. The van der Waals surface area contributed by atoms with Crippen LogP contribution in [0.25, 0.3) is 11.4 Å². The number of likely N-dealkylation sites (tertiary alicyclic amines) is 1. The van der Waals surface area contributed by atoms with Gasteiger partial charge < -0.3 is 14.4 Å². The van der Waals surface area contributed by atoms with Crippen molar-refractivity contribution >= 4 is 17.5 Å². The van der Waals surface area contributed by atoms with Crippen molar-refractivity contribution in [2.45, 2.75) is 39.4 Å². The van der Waals surface area contributed by atoms with E-state index in [2.05, 4.69) is 54.2 Å². The summed E-state index contributed by atoms with van der Waals surface area (Å²) in [7, 11) is 0. The number of imidazole rings is 1. The van der Waals surface area contributed by atoms with E-state index in [1.807, 2.05) is 43.6 Å². The second-order valence-corrected chi connectivity index (χ2v) is 9.64. The highest BCUT2D eigenvalue weighted by Gasteiger charge is 2.26. The number of rotatable bonds is 8. The molecule has 2 aromatic heterocycles. The van der Waals surface area contributed by atoms with E-state index >= 15 is 0 Å². The SMILES string of the molecule is Cc1nccn1Cc1ccc(CNC(=O)C2CCN(Cc3nc(-c4ccc(Cl)cc4)no3)CC2)cc1. The van der Waals surface area contributed by atoms with Gasteiger partial charge in [-0.15, -0.1) is 0 Å². The van der Waals surface area contributed by atoms with E-state index in [-0.39, 0.29) is 11.8 Å². The van der Waals surface area contributed by atoms with Gasteiger partial charge in [0.2, 0.25) is 17.6 Å². The Morgan fingerprint density at radius 2 is 1.78 bits per heavy atom. The van der Waals surface area contributed by atoms with Crippen LogP contribution < -0.4 is 5.32 Å². The summed E-state index contributed by atoms with van der Waals surface area (Å²) < 4.78 is 7.55. The highest BCUT2D eigenvalue weighted by molar-refractivity contribution is 6.30. The molecule has 0 atom stereocenters. The van der Waals surface area contributed by atoms with E-state index in [1.54, 1.807) is 0 Å². The molecule has 1 aliphatic heterocycles. The second-order valence-electron chi connectivity index (χ2n) is 9.21. The van der Waals surface area contributed by atoms with Crippen molar-refractivity contribution in [2.24, 2.45) is 5.92 Å². The lowest BCUT2D eigenvalue weighted by Crippen LogP contribution is -2.40. The summed E-state index contributed by atoms with van der Waals surface area (Å²) in [5.41, 5.74) is 3.17. The van der Waals surface area contributed by atoms with Crippen molar-refractivity contribution in [2.75, 3.05) is 13.1 Å². The Bertz CT molecular complexity index is 1290. The number of hydrogen-bond donors (Lipinski definition) is 1. The van der Waals surface area contributed by atoms with E-state index in [1.165, 1.54) is 5.56 Å². The van der Waals surface area contributed by atoms with Crippen molar-refractivity contribution in [1.82, 2.24) is 29.9 Å². The molecule has 186 valence electrons. The molecular formula is C27H29ClN6O2. The largest absolute Gasteiger partial charge is 0.352 e. The van der Waals surface area contributed by atoms with Gasteiger partial charge >= 0.3 is 0 Å². The molecular weight excluding hydrogens is 476 g/mol. The average Bonchev–Trinajstić information content (AvgIpc) is 3.53. The van der Waals surface area contributed by atoms with Crippen LogP contribution in [0.2, 0.25) is 5.02 Å². The molecule has 1 fully saturated rings. The maximum atomic E-state index is 12.7. The fraction of sp³-hybridized carbons (Fsp3) is 0.333. The molecule has 8 nitrogen and oxygen atoms in total. The summed E-state index contributed by atoms with van der Waals surface area (Å²) in [6, 6.07) is 15.7. The van der Waals surface area contributed by atoms with Crippen molar-refractivity contribution in [3.05, 3.63) is 88.8 Å². The van der Waals surface area contributed by atoms with Gasteiger partial charge in [0, 0.05) is 42.0 Å². The molecule has 0 bridgehead atoms. The predicted molar refractivity (Wildman–Crippen MR) is 137 cm³/mol. The highest BCUT2D eigenvalue weighted by atomic mass is 35.5. The molecule has 0 radical (unpaired) electrons. The van der Waals surface area contributed by atoms with Gasteiger partial charge in [-0.2, -0.15) is 4.98 Å². The third-order valence-corrected chi connectivity index (χ3v) is 6.91. The number of benzene rings is 2. The molecule has 5 rings (SSSR count). The zero-order valence-electron chi connectivity index (χ0n) is 20.2. The minimum atomic E-state index is 0.0250. The molecule has 1 N–H and O–H groups in total. The Morgan fingerprint density at radius 1 is 1.06 bits per heavy atom. The number of halogens is 1. The van der Waals surface area contributed by atoms with E-state index in [0.717, 1.165) is 49.4 Å². The molecule has 2 aromatic carbocycles. The smallest absolute Gasteiger partial charge is 0.241 e. The zero-order valence-corrected chi connectivity index (χ0v) is 21.0. The van der Waals surface area contributed by atoms with Gasteiger partial charge in [-0.1, -0.05) is 41.0 Å². The normalized spacial score (nSPS) is 14.7. The summed E-state index contributed by atoms with van der Waals surface area (Å²) in [6.07, 6.45) is 5.42. The number of amides is 1. The first-order chi connectivity index (χ1) is 17.5. The summed E-state index contributed by atoms with van der Waals surface area (Å²) in [5, 5.41) is 7.86. The molecule has 9 heteroatoms. The standard InChI is InChI=1S/C27H29ClN6O2/c1-19-29-12-15-34(19)17-21-4-2-20(3-5-21)16-30-27(35)23-10-13-33(14-11-23)18-25-31-26(32-36-25)22-6-8-24(28)9-7-22/h2-9,12,15,23H,10-11,13-14,16-18H2,1H3,(H,30,35). The Balaban J connectivity index is 1.05. The van der Waals surface area contributed by atoms with Crippen LogP contribution in [-0.2, 0) is 24.4 Å². The summed E-state index contributed by atoms with van der Waals surface area (Å²) in [5.74, 6) is 2.28. The van der Waals surface area contributed by atoms with Gasteiger partial charge in [-0.3, -0.25) is 9.69 Å². The average molecular weight is 505 g/mol. The van der Waals surface area contributed by atoms with E-state index in [4.69, 9.17) is 16.1 Å². The van der Waals surface area contributed by atoms with E-state index in [0.29, 0.717) is 29.8 Å². The first-order valence-corrected chi connectivity index (χ1v) is 12.6. The molecule has 0 saturated carbocycles. The van der Waals surface area contributed by atoms with Crippen LogP contribution in [0.3, 0.4) is 0 Å². The molecule has 4 aromatic rings. The fourth-order valence-electron chi connectivity index (χ4n) is 4.44. The maximum absolute atomic E-state index is 12.7. The first-order valence-electron chi connectivity index (χ1n) is 12.2. The zero-order chi connectivity index (χ0) is 24.9. The van der Waals surface area contributed by atoms with E-state index < -0.39 is 0 Å². The number of nitrogens with one attached hydrogen (secondary N) is 1. The lowest BCUT2D eigenvalue weighted by atomic mass is 9.96. The van der Waals surface area contributed by atoms with Crippen LogP contribution in [0.15, 0.2) is 65.4 Å². The Kier molecular flexibility index (Phi) is 7.44. The van der Waals surface area contributed by atoms with Crippen LogP contribution in [0.5, 0.6) is 0 Å². The van der Waals surface area contributed by atoms with Crippen LogP contribution >= 0.6 is 11.6 Å². The molecule has 0 aliphatic carbocycles. The molecule has 3 heterocycles. The van der Waals surface area contributed by atoms with Crippen LogP contribution in [0.4, 0.5) is 0 Å². The molecule has 0 spiro atoms. The summed E-state index contributed by atoms with van der Waals surface area (Å²) in [6.45, 7) is 5.55. The van der Waals surface area contributed by atoms with Gasteiger partial charge in [0.1, 0.15) is 5.82 Å². The van der Waals surface area contributed by atoms with Gasteiger partial charge in [-0.25, -0.2) is 4.98 Å². The highest BCUT2D eigenvalue weighted by Crippen LogP contribution is 2.22. The quantitative estimate of drug-likeness (QED) is 0.381. The predicted octanol–water partition coefficient (Wildman–Crippen LogP) is 4.47. The van der Waals surface area contributed by atoms with Crippen molar-refractivity contribution in [1.29, 1.82) is 0 Å². The van der Waals surface area contributed by atoms with Crippen LogP contribution in [0, 0.1) is 12.8 Å². The van der Waals surface area contributed by atoms with Gasteiger partial charge in [0.15, 0.2) is 0 Å². The van der Waals surface area contributed by atoms with Crippen LogP contribution in [0.1, 0.15) is 35.7 Å². The molecule has 0 unspecified atom stereocenters. The first kappa shape index (κ1) is 24.2. The van der Waals surface area contributed by atoms with Crippen LogP contribution in [-0.4, -0.2) is 43.6 Å². The minimum absolute atomic E-state index is 0.0250. The number of carbonyl (C=O) groups is 1. The number of piperidine rings is 1. The molecule has 36 heavy (non-hydrogen) atoms. The third kappa shape index (κ3) is 6.01. The molecule has 1 amide bonds. The number of aromatic nitrogens is 4. The van der Waals surface area contributed by atoms with Crippen molar-refractivity contribution in [3.63, 3.8) is 0 Å². The van der Waals surface area contributed by atoms with Crippen molar-refractivity contribution in [3.8, 4) is 11.4 Å². The topological polar surface area (TPSA) is 89.1 Å². The monoisotopic (exact) mass is 504 g/mol. The number of carbonyl (C=O) groups excluding carboxylic acids is 1. The molecule has 1 saturated heterocycles. The second kappa shape index (κ2) is 11.1. The van der Waals surface area contributed by atoms with Gasteiger partial charge in [0.25, 0.3) is 0 Å². The Hall–Kier alpha value is -3.49. The lowest BCUT2D eigenvalue weighted by molar-refractivity contribution is -0.126. The summed E-state index contributed by atoms with van der Waals surface area (Å²) in [4.78, 5) is 23.8. The summed E-state index contributed by atoms with van der Waals surface area (Å²) >= 11 is 5.95. The Labute approximate surface area is 215 Å². The van der Waals surface area contributed by atoms with Gasteiger partial charge in [0.05, 0.1) is 6.54 Å². The van der Waals surface area contributed by atoms with Gasteiger partial charge in [-0.05, 0) is 68.2 Å². The lowest BCUT2D eigenvalue weighted by Gasteiger charge is -2.30. The van der Waals surface area contributed by atoms with E-state index in [9.17, 15) is 4.79 Å². The number of nitrogens with zero attached hydrogens (tertiary/aromatic N) is 5. The number of hydrogen-bond acceptors (Lipinski definition) is 6.